The molecule has 5 nitrogen and oxygen atoms in total. The summed E-state index contributed by atoms with van der Waals surface area (Å²) in [5, 5.41) is 12.1. The Morgan fingerprint density at radius 3 is 2.69 bits per heavy atom. The van der Waals surface area contributed by atoms with Crippen molar-refractivity contribution >= 4 is 31.2 Å². The van der Waals surface area contributed by atoms with E-state index in [0.29, 0.717) is 34.7 Å². The van der Waals surface area contributed by atoms with Crippen LogP contribution in [0.4, 0.5) is 24.7 Å². The normalized spacial score (nSPS) is 15.3. The standard InChI is InChI=1S/C27H29F3N4OSi/c1-3-36(31)22-10-5-9-21(16-22)33-26(35)24-18(2)23(19-7-4-8-20(28)15-19)17-32-25(24)34-13-6-11-27(29,30)12-14-34/h4-5,7-10,15-17,31H,3,6,11-14H2,1-2H3,(H,33,35). The highest BCUT2D eigenvalue weighted by atomic mass is 28.2. The van der Waals surface area contributed by atoms with Crippen LogP contribution >= 0.6 is 0 Å². The number of aromatic nitrogens is 1. The van der Waals surface area contributed by atoms with Crippen molar-refractivity contribution in [2.75, 3.05) is 23.3 Å². The molecule has 1 aliphatic rings. The summed E-state index contributed by atoms with van der Waals surface area (Å²) in [4.78, 5) is 20.0. The van der Waals surface area contributed by atoms with Crippen LogP contribution in [-0.2, 0) is 0 Å². The van der Waals surface area contributed by atoms with Crippen LogP contribution in [0.25, 0.3) is 11.1 Å². The molecule has 1 amide bonds. The van der Waals surface area contributed by atoms with E-state index >= 15 is 0 Å². The van der Waals surface area contributed by atoms with Gasteiger partial charge in [-0.2, -0.15) is 0 Å². The van der Waals surface area contributed by atoms with E-state index < -0.39 is 26.2 Å². The molecule has 2 N–H and O–H groups in total. The van der Waals surface area contributed by atoms with Crippen molar-refractivity contribution in [2.45, 2.75) is 45.1 Å². The fourth-order valence-corrected chi connectivity index (χ4v) is 5.54. The summed E-state index contributed by atoms with van der Waals surface area (Å²) in [6, 6.07) is 14.1. The van der Waals surface area contributed by atoms with Gasteiger partial charge in [0.05, 0.1) is 5.56 Å². The summed E-state index contributed by atoms with van der Waals surface area (Å²) in [6.07, 6.45) is 1.35. The van der Waals surface area contributed by atoms with Crippen molar-refractivity contribution in [2.24, 2.45) is 0 Å². The number of amides is 1. The number of rotatable bonds is 6. The maximum atomic E-state index is 14.1. The van der Waals surface area contributed by atoms with Crippen LogP contribution < -0.4 is 15.4 Å². The van der Waals surface area contributed by atoms with E-state index in [2.05, 4.69) is 10.3 Å². The van der Waals surface area contributed by atoms with Gasteiger partial charge in [0.15, 0.2) is 8.59 Å². The second-order valence-corrected chi connectivity index (χ2v) is 11.3. The first-order valence-corrected chi connectivity index (χ1v) is 13.8. The van der Waals surface area contributed by atoms with Crippen molar-refractivity contribution < 1.29 is 18.0 Å². The number of alkyl halides is 2. The molecule has 1 fully saturated rings. The first-order chi connectivity index (χ1) is 17.2. The molecule has 3 aromatic rings. The third-order valence-electron chi connectivity index (χ3n) is 6.52. The monoisotopic (exact) mass is 510 g/mol. The van der Waals surface area contributed by atoms with Gasteiger partial charge < -0.3 is 15.3 Å². The Bertz CT molecular complexity index is 1300. The van der Waals surface area contributed by atoms with Crippen LogP contribution in [0.1, 0.15) is 42.1 Å². The number of nitrogens with zero attached hydrogens (tertiary/aromatic N) is 2. The molecule has 4 rings (SSSR count). The molecule has 36 heavy (non-hydrogen) atoms. The molecule has 1 saturated heterocycles. The molecule has 1 aromatic heterocycles. The van der Waals surface area contributed by atoms with Crippen LogP contribution in [0.2, 0.25) is 6.04 Å². The maximum Gasteiger partial charge on any atom is 0.259 e. The Hall–Kier alpha value is -3.33. The molecule has 0 bridgehead atoms. The number of benzene rings is 2. The highest BCUT2D eigenvalue weighted by molar-refractivity contribution is 6.61. The number of carbonyl (C=O) groups excluding carboxylic acids is 1. The van der Waals surface area contributed by atoms with Crippen LogP contribution in [0, 0.1) is 17.8 Å². The molecule has 1 aliphatic heterocycles. The molecule has 0 unspecified atom stereocenters. The molecule has 0 saturated carbocycles. The molecule has 0 radical (unpaired) electrons. The average Bonchev–Trinajstić information content (AvgIpc) is 3.03. The van der Waals surface area contributed by atoms with Crippen molar-refractivity contribution in [3.8, 4) is 11.1 Å². The first-order valence-electron chi connectivity index (χ1n) is 12.1. The minimum atomic E-state index is -2.75. The zero-order chi connectivity index (χ0) is 25.9. The lowest BCUT2D eigenvalue weighted by Crippen LogP contribution is -2.30. The smallest absolute Gasteiger partial charge is 0.259 e. The van der Waals surface area contributed by atoms with Crippen molar-refractivity contribution in [3.63, 3.8) is 0 Å². The number of pyridine rings is 1. The molecule has 2 heterocycles. The largest absolute Gasteiger partial charge is 0.356 e. The van der Waals surface area contributed by atoms with Gasteiger partial charge in [-0.25, -0.2) is 18.2 Å². The summed E-state index contributed by atoms with van der Waals surface area (Å²) < 4.78 is 42.1. The summed E-state index contributed by atoms with van der Waals surface area (Å²) in [6.45, 7) is 4.18. The van der Waals surface area contributed by atoms with E-state index in [1.807, 2.05) is 25.1 Å². The van der Waals surface area contributed by atoms with Crippen molar-refractivity contribution in [1.29, 1.82) is 5.05 Å². The lowest BCUT2D eigenvalue weighted by Gasteiger charge is -2.26. The summed E-state index contributed by atoms with van der Waals surface area (Å²) in [5.41, 5.74) is 2.60. The topological polar surface area (TPSA) is 69.1 Å². The predicted molar refractivity (Wildman–Crippen MR) is 138 cm³/mol. The number of anilines is 2. The Balaban J connectivity index is 1.77. The average molecular weight is 511 g/mol. The van der Waals surface area contributed by atoms with Crippen LogP contribution in [0.3, 0.4) is 0 Å². The van der Waals surface area contributed by atoms with Crippen molar-refractivity contribution in [1.82, 2.24) is 4.98 Å². The minimum Gasteiger partial charge on any atom is -0.356 e. The molecule has 0 spiro atoms. The Morgan fingerprint density at radius 2 is 1.94 bits per heavy atom. The van der Waals surface area contributed by atoms with E-state index in [0.717, 1.165) is 11.2 Å². The van der Waals surface area contributed by atoms with Gasteiger partial charge in [-0.1, -0.05) is 31.2 Å². The summed E-state index contributed by atoms with van der Waals surface area (Å²) in [7, 11) is -1.45. The second-order valence-electron chi connectivity index (χ2n) is 9.07. The zero-order valence-corrected chi connectivity index (χ0v) is 21.4. The lowest BCUT2D eigenvalue weighted by atomic mass is 9.97. The van der Waals surface area contributed by atoms with E-state index in [4.69, 9.17) is 5.05 Å². The highest BCUT2D eigenvalue weighted by Gasteiger charge is 2.33. The third kappa shape index (κ3) is 5.72. The van der Waals surface area contributed by atoms with Gasteiger partial charge in [0.25, 0.3) is 5.91 Å². The maximum absolute atomic E-state index is 14.1. The molecular weight excluding hydrogens is 481 g/mol. The van der Waals surface area contributed by atoms with Crippen LogP contribution in [0.5, 0.6) is 0 Å². The summed E-state index contributed by atoms with van der Waals surface area (Å²) >= 11 is 0. The van der Waals surface area contributed by atoms with Gasteiger partial charge in [-0.3, -0.25) is 4.79 Å². The van der Waals surface area contributed by atoms with Crippen LogP contribution in [-0.4, -0.2) is 38.5 Å². The quantitative estimate of drug-likeness (QED) is 0.392. The Morgan fingerprint density at radius 1 is 1.17 bits per heavy atom. The highest BCUT2D eigenvalue weighted by Crippen LogP contribution is 2.34. The molecule has 0 aliphatic carbocycles. The predicted octanol–water partition coefficient (Wildman–Crippen LogP) is 6.14. The second kappa shape index (κ2) is 10.7. The molecule has 2 aromatic carbocycles. The van der Waals surface area contributed by atoms with E-state index in [-0.39, 0.29) is 31.4 Å². The SMILES string of the molecule is CC[Si](=N)c1cccc(NC(=O)c2c(N3CCCC(F)(F)CC3)ncc(-c3cccc(F)c3)c2C)c1. The fourth-order valence-electron chi connectivity index (χ4n) is 4.51. The number of hydrogen-bond donors (Lipinski definition) is 2. The number of carbonyl (C=O) groups is 1. The molecule has 188 valence electrons. The lowest BCUT2D eigenvalue weighted by molar-refractivity contribution is -0.0102. The molecule has 0 atom stereocenters. The summed E-state index contributed by atoms with van der Waals surface area (Å²) in [5.74, 6) is -3.23. The zero-order valence-electron chi connectivity index (χ0n) is 20.4. The minimum absolute atomic E-state index is 0.0790. The van der Waals surface area contributed by atoms with Gasteiger partial charge in [0.1, 0.15) is 11.6 Å². The Labute approximate surface area is 210 Å². The number of halogens is 3. The fraction of sp³-hybridized carbons (Fsp3) is 0.333. The number of hydrogen-bond acceptors (Lipinski definition) is 4. The number of nitrogens with one attached hydrogen (secondary N) is 2. The van der Waals surface area contributed by atoms with Crippen molar-refractivity contribution in [3.05, 3.63) is 71.7 Å². The van der Waals surface area contributed by atoms with Crippen LogP contribution in [0.15, 0.2) is 54.7 Å². The van der Waals surface area contributed by atoms with E-state index in [1.165, 1.54) is 12.1 Å². The van der Waals surface area contributed by atoms with E-state index in [9.17, 15) is 18.0 Å². The third-order valence-corrected chi connectivity index (χ3v) is 8.24. The van der Waals surface area contributed by atoms with Gasteiger partial charge in [-0.15, -0.1) is 0 Å². The van der Waals surface area contributed by atoms with Gasteiger partial charge in [0.2, 0.25) is 5.92 Å². The molecular formula is C27H29F3N4OSi. The first kappa shape index (κ1) is 25.8. The van der Waals surface area contributed by atoms with E-state index in [1.54, 1.807) is 36.2 Å². The van der Waals surface area contributed by atoms with Gasteiger partial charge in [0, 0.05) is 43.4 Å². The molecule has 9 heteroatoms. The van der Waals surface area contributed by atoms with Gasteiger partial charge >= 0.3 is 0 Å². The Kier molecular flexibility index (Phi) is 7.68. The van der Waals surface area contributed by atoms with Gasteiger partial charge in [-0.05, 0) is 60.0 Å².